The molecule has 1 unspecified atom stereocenters. The summed E-state index contributed by atoms with van der Waals surface area (Å²) in [6.07, 6.45) is -3.97. The molecule has 0 spiro atoms. The maximum atomic E-state index is 14.3. The van der Waals surface area contributed by atoms with Crippen molar-refractivity contribution in [1.29, 1.82) is 0 Å². The predicted octanol–water partition coefficient (Wildman–Crippen LogP) is 6.74. The number of fused-ring (bicyclic) bond motifs is 3. The van der Waals surface area contributed by atoms with Crippen molar-refractivity contribution in [3.8, 4) is 5.75 Å². The fourth-order valence-electron chi connectivity index (χ4n) is 5.19. The topological polar surface area (TPSA) is 85.1 Å². The third-order valence-electron chi connectivity index (χ3n) is 7.35. The Morgan fingerprint density at radius 1 is 1.00 bits per heavy atom. The van der Waals surface area contributed by atoms with Gasteiger partial charge in [-0.05, 0) is 79.4 Å². The van der Waals surface area contributed by atoms with E-state index in [0.717, 1.165) is 46.8 Å². The van der Waals surface area contributed by atoms with Crippen molar-refractivity contribution in [1.82, 2.24) is 9.29 Å². The minimum Gasteiger partial charge on any atom is -0.406 e. The van der Waals surface area contributed by atoms with Crippen LogP contribution >= 0.6 is 23.2 Å². The van der Waals surface area contributed by atoms with E-state index >= 15 is 0 Å². The third kappa shape index (κ3) is 6.02. The highest BCUT2D eigenvalue weighted by molar-refractivity contribution is 7.91. The monoisotopic (exact) mass is 627 g/mol. The van der Waals surface area contributed by atoms with E-state index in [1.165, 1.54) is 12.1 Å². The molecule has 1 aliphatic carbocycles. The van der Waals surface area contributed by atoms with Gasteiger partial charge in [0.25, 0.3) is 0 Å². The van der Waals surface area contributed by atoms with Crippen LogP contribution in [0.15, 0.2) is 69.9 Å². The third-order valence-corrected chi connectivity index (χ3v) is 9.86. The number of alkyl halides is 3. The fourth-order valence-corrected chi connectivity index (χ4v) is 7.43. The van der Waals surface area contributed by atoms with E-state index in [-0.39, 0.29) is 18.1 Å². The quantitative estimate of drug-likeness (QED) is 0.238. The number of aliphatic hydroxyl groups excluding tert-OH is 1. The zero-order valence-electron chi connectivity index (χ0n) is 21.5. The van der Waals surface area contributed by atoms with Gasteiger partial charge in [0, 0.05) is 38.4 Å². The highest BCUT2D eigenvalue weighted by Gasteiger charge is 2.37. The molecule has 0 amide bonds. The molecular weight excluding hydrogens is 602 g/mol. The Balaban J connectivity index is 1.38. The number of aromatic nitrogens is 1. The van der Waals surface area contributed by atoms with E-state index in [9.17, 15) is 22.5 Å². The number of nitrogens with one attached hydrogen (secondary N) is 1. The van der Waals surface area contributed by atoms with Gasteiger partial charge >= 0.3 is 6.36 Å². The second-order valence-corrected chi connectivity index (χ2v) is 13.2. The first-order valence-corrected chi connectivity index (χ1v) is 15.3. The first-order valence-electron chi connectivity index (χ1n) is 13.0. The Labute approximate surface area is 244 Å². The Morgan fingerprint density at radius 3 is 2.17 bits per heavy atom. The number of nitrogens with zero attached hydrogens (tertiary/aromatic N) is 2. The number of benzene rings is 3. The van der Waals surface area contributed by atoms with Crippen LogP contribution in [0.5, 0.6) is 5.75 Å². The number of aliphatic hydroxyl groups is 1. The lowest BCUT2D eigenvalue weighted by atomic mass is 10.0. The number of hydrogen-bond acceptors (Lipinski definition) is 5. The summed E-state index contributed by atoms with van der Waals surface area (Å²) < 4.78 is 71.7. The SMILES string of the molecule is O=S(=N[C@@H]1COC[C@H](n2c3ccc(Cl)cc3c3cc(Cl)ccc32)[C@H]1O)(NCC1CC1)c1ccc(OC(F)(F)F)cc1. The lowest BCUT2D eigenvalue weighted by Gasteiger charge is -2.35. The summed E-state index contributed by atoms with van der Waals surface area (Å²) in [6, 6.07) is 14.2. The van der Waals surface area contributed by atoms with Gasteiger partial charge in [0.05, 0.1) is 24.2 Å². The summed E-state index contributed by atoms with van der Waals surface area (Å²) in [4.78, 5) is 0.183. The molecule has 1 aromatic heterocycles. The molecule has 1 aliphatic heterocycles. The zero-order chi connectivity index (χ0) is 28.9. The van der Waals surface area contributed by atoms with Gasteiger partial charge in [-0.1, -0.05) is 23.2 Å². The van der Waals surface area contributed by atoms with E-state index in [0.29, 0.717) is 22.5 Å². The minimum absolute atomic E-state index is 0.0177. The van der Waals surface area contributed by atoms with Gasteiger partial charge in [0.1, 0.15) is 27.8 Å². The molecule has 0 radical (unpaired) electrons. The van der Waals surface area contributed by atoms with Crippen LogP contribution in [0.1, 0.15) is 18.9 Å². The average molecular weight is 629 g/mol. The number of halogens is 5. The molecule has 218 valence electrons. The molecule has 2 N–H and O–H groups in total. The van der Waals surface area contributed by atoms with E-state index < -0.39 is 40.2 Å². The van der Waals surface area contributed by atoms with Crippen molar-refractivity contribution in [3.05, 3.63) is 70.7 Å². The van der Waals surface area contributed by atoms with Gasteiger partial charge in [0.15, 0.2) is 0 Å². The summed E-state index contributed by atoms with van der Waals surface area (Å²) in [5.41, 5.74) is 1.63. The Kier molecular flexibility index (Phi) is 7.63. The zero-order valence-corrected chi connectivity index (χ0v) is 23.8. The molecule has 4 aromatic rings. The predicted molar refractivity (Wildman–Crippen MR) is 152 cm³/mol. The van der Waals surface area contributed by atoms with E-state index in [4.69, 9.17) is 27.9 Å². The van der Waals surface area contributed by atoms with Crippen molar-refractivity contribution in [2.75, 3.05) is 19.8 Å². The first-order chi connectivity index (χ1) is 19.5. The van der Waals surface area contributed by atoms with Crippen LogP contribution in [0, 0.1) is 5.92 Å². The van der Waals surface area contributed by atoms with Gasteiger partial charge < -0.3 is 19.1 Å². The smallest absolute Gasteiger partial charge is 0.406 e. The summed E-state index contributed by atoms with van der Waals surface area (Å²) in [6.45, 7) is 0.617. The molecule has 13 heteroatoms. The molecule has 0 bridgehead atoms. The summed E-state index contributed by atoms with van der Waals surface area (Å²) >= 11 is 12.6. The maximum Gasteiger partial charge on any atom is 0.573 e. The van der Waals surface area contributed by atoms with Crippen LogP contribution < -0.4 is 9.46 Å². The van der Waals surface area contributed by atoms with Crippen LogP contribution in [0.4, 0.5) is 13.2 Å². The van der Waals surface area contributed by atoms with Crippen LogP contribution in [0.2, 0.25) is 10.0 Å². The highest BCUT2D eigenvalue weighted by Crippen LogP contribution is 2.38. The van der Waals surface area contributed by atoms with E-state index in [1.807, 2.05) is 28.8 Å². The summed E-state index contributed by atoms with van der Waals surface area (Å²) in [7, 11) is -3.35. The lowest BCUT2D eigenvalue weighted by Crippen LogP contribution is -2.45. The number of hydrogen-bond donors (Lipinski definition) is 2. The van der Waals surface area contributed by atoms with Gasteiger partial charge in [-0.2, -0.15) is 0 Å². The Morgan fingerprint density at radius 2 is 1.61 bits per heavy atom. The maximum absolute atomic E-state index is 14.3. The van der Waals surface area contributed by atoms with Crippen molar-refractivity contribution in [2.24, 2.45) is 10.3 Å². The number of rotatable bonds is 7. The van der Waals surface area contributed by atoms with E-state index in [1.54, 1.807) is 12.1 Å². The molecule has 3 aromatic carbocycles. The van der Waals surface area contributed by atoms with Crippen LogP contribution in [0.3, 0.4) is 0 Å². The molecule has 7 nitrogen and oxygen atoms in total. The van der Waals surface area contributed by atoms with E-state index in [2.05, 4.69) is 13.8 Å². The average Bonchev–Trinajstić information content (AvgIpc) is 3.70. The summed E-state index contributed by atoms with van der Waals surface area (Å²) in [5, 5.41) is 14.5. The molecule has 4 atom stereocenters. The molecular formula is C28H26Cl2F3N3O4S. The molecule has 2 fully saturated rings. The van der Waals surface area contributed by atoms with Crippen molar-refractivity contribution < 1.29 is 32.0 Å². The van der Waals surface area contributed by atoms with Gasteiger partial charge in [0.2, 0.25) is 0 Å². The van der Waals surface area contributed by atoms with Crippen LogP contribution in [0.25, 0.3) is 21.8 Å². The normalized spacial score (nSPS) is 23.0. The molecule has 1 saturated heterocycles. The second kappa shape index (κ2) is 10.9. The van der Waals surface area contributed by atoms with Crippen molar-refractivity contribution in [2.45, 2.75) is 42.3 Å². The van der Waals surface area contributed by atoms with Crippen molar-refractivity contribution in [3.63, 3.8) is 0 Å². The standard InChI is InChI=1S/C28H26Cl2F3N3O4S/c29-17-3-9-24-21(11-17)22-12-18(30)4-10-25(22)36(24)26-15-39-14-23(27(26)37)35-41(38,34-13-16-1-2-16)20-7-5-19(6-8-20)40-28(31,32)33/h3-12,16,23,26-27,37H,1-2,13-15H2,(H,34,35,38)/t23-,26+,27+,41?/m1/s1. The molecule has 6 rings (SSSR count). The minimum atomic E-state index is -4.85. The first kappa shape index (κ1) is 28.6. The van der Waals surface area contributed by atoms with Crippen LogP contribution in [-0.4, -0.2) is 52.1 Å². The van der Waals surface area contributed by atoms with Crippen molar-refractivity contribution >= 4 is 54.9 Å². The summed E-state index contributed by atoms with van der Waals surface area (Å²) in [5.74, 6) is -0.0896. The largest absolute Gasteiger partial charge is 0.573 e. The van der Waals surface area contributed by atoms with Gasteiger partial charge in [-0.15, -0.1) is 13.2 Å². The number of ether oxygens (including phenoxy) is 2. The van der Waals surface area contributed by atoms with Gasteiger partial charge in [-0.25, -0.2) is 13.3 Å². The highest BCUT2D eigenvalue weighted by atomic mass is 35.5. The lowest BCUT2D eigenvalue weighted by molar-refractivity contribution is -0.274. The fraction of sp³-hybridized carbons (Fsp3) is 0.357. The Bertz CT molecular complexity index is 1660. The van der Waals surface area contributed by atoms with Gasteiger partial charge in [-0.3, -0.25) is 0 Å². The molecule has 2 aliphatic rings. The molecule has 41 heavy (non-hydrogen) atoms. The van der Waals surface area contributed by atoms with Crippen LogP contribution in [-0.2, 0) is 14.7 Å². The second-order valence-electron chi connectivity index (χ2n) is 10.3. The molecule has 2 heterocycles. The molecule has 1 saturated carbocycles. The Hall–Kier alpha value is -2.54.